The number of hydrogen-bond donors (Lipinski definition) is 1. The first kappa shape index (κ1) is 5.92. The zero-order valence-electron chi connectivity index (χ0n) is 5.83. The maximum atomic E-state index is 5.76. The zero-order valence-corrected chi connectivity index (χ0v) is 5.83. The molecule has 0 saturated heterocycles. The number of rotatable bonds is 0. The standard InChI is InChI=1S/C7H11N3/c8-6-1-3-10-4-2-9-7(10)5-6/h2,4,6H,1,3,5,8H2. The number of imidazole rings is 1. The van der Waals surface area contributed by atoms with E-state index in [1.807, 2.05) is 12.4 Å². The largest absolute Gasteiger partial charge is 0.335 e. The van der Waals surface area contributed by atoms with E-state index >= 15 is 0 Å². The third-order valence-electron chi connectivity index (χ3n) is 1.99. The summed E-state index contributed by atoms with van der Waals surface area (Å²) in [4.78, 5) is 4.19. The van der Waals surface area contributed by atoms with Crippen LogP contribution in [0, 0.1) is 0 Å². The summed E-state index contributed by atoms with van der Waals surface area (Å²) >= 11 is 0. The normalized spacial score (nSPS) is 24.3. The van der Waals surface area contributed by atoms with E-state index < -0.39 is 0 Å². The van der Waals surface area contributed by atoms with E-state index in [9.17, 15) is 0 Å². The Morgan fingerprint density at radius 2 is 2.60 bits per heavy atom. The van der Waals surface area contributed by atoms with Gasteiger partial charge in [-0.2, -0.15) is 0 Å². The van der Waals surface area contributed by atoms with E-state index in [4.69, 9.17) is 5.73 Å². The van der Waals surface area contributed by atoms with Crippen molar-refractivity contribution in [3.8, 4) is 0 Å². The molecule has 1 aromatic rings. The van der Waals surface area contributed by atoms with Gasteiger partial charge in [-0.1, -0.05) is 0 Å². The van der Waals surface area contributed by atoms with Crippen molar-refractivity contribution in [1.29, 1.82) is 0 Å². The van der Waals surface area contributed by atoms with Gasteiger partial charge in [-0.15, -0.1) is 0 Å². The highest BCUT2D eigenvalue weighted by Crippen LogP contribution is 2.10. The van der Waals surface area contributed by atoms with Gasteiger partial charge in [0.1, 0.15) is 5.82 Å². The Morgan fingerprint density at radius 3 is 3.50 bits per heavy atom. The minimum atomic E-state index is 0.329. The fourth-order valence-corrected chi connectivity index (χ4v) is 1.38. The number of aryl methyl sites for hydroxylation is 1. The molecular formula is C7H11N3. The molecule has 0 fully saturated rings. The second kappa shape index (κ2) is 2.09. The average molecular weight is 137 g/mol. The van der Waals surface area contributed by atoms with Gasteiger partial charge < -0.3 is 10.3 Å². The van der Waals surface area contributed by atoms with Crippen LogP contribution < -0.4 is 5.73 Å². The maximum absolute atomic E-state index is 5.76. The molecule has 0 aliphatic carbocycles. The first-order valence-electron chi connectivity index (χ1n) is 3.62. The van der Waals surface area contributed by atoms with Crippen LogP contribution in [-0.4, -0.2) is 15.6 Å². The lowest BCUT2D eigenvalue weighted by atomic mass is 10.1. The van der Waals surface area contributed by atoms with Gasteiger partial charge in [0.15, 0.2) is 0 Å². The highest BCUT2D eigenvalue weighted by Gasteiger charge is 2.14. The Labute approximate surface area is 59.9 Å². The van der Waals surface area contributed by atoms with Crippen LogP contribution in [0.25, 0.3) is 0 Å². The molecule has 0 bridgehead atoms. The molecule has 0 radical (unpaired) electrons. The Morgan fingerprint density at radius 1 is 1.70 bits per heavy atom. The summed E-state index contributed by atoms with van der Waals surface area (Å²) in [6.07, 6.45) is 5.88. The molecule has 0 saturated carbocycles. The van der Waals surface area contributed by atoms with Crippen molar-refractivity contribution in [2.45, 2.75) is 25.4 Å². The first-order chi connectivity index (χ1) is 4.86. The van der Waals surface area contributed by atoms with Crippen molar-refractivity contribution in [3.05, 3.63) is 18.2 Å². The van der Waals surface area contributed by atoms with Crippen LogP contribution in [0.5, 0.6) is 0 Å². The van der Waals surface area contributed by atoms with Gasteiger partial charge in [0.05, 0.1) is 0 Å². The van der Waals surface area contributed by atoms with Crippen LogP contribution in [0.2, 0.25) is 0 Å². The van der Waals surface area contributed by atoms with E-state index in [2.05, 4.69) is 9.55 Å². The smallest absolute Gasteiger partial charge is 0.110 e. The predicted octanol–water partition coefficient (Wildman–Crippen LogP) is 0.157. The third kappa shape index (κ3) is 0.827. The van der Waals surface area contributed by atoms with Crippen molar-refractivity contribution in [1.82, 2.24) is 9.55 Å². The SMILES string of the molecule is NC1CCn2ccnc2C1. The summed E-state index contributed by atoms with van der Waals surface area (Å²) in [6.45, 7) is 1.04. The molecule has 1 unspecified atom stereocenters. The summed E-state index contributed by atoms with van der Waals surface area (Å²) < 4.78 is 2.17. The molecule has 1 aliphatic rings. The van der Waals surface area contributed by atoms with Crippen molar-refractivity contribution >= 4 is 0 Å². The fourth-order valence-electron chi connectivity index (χ4n) is 1.38. The van der Waals surface area contributed by atoms with E-state index in [1.165, 1.54) is 0 Å². The van der Waals surface area contributed by atoms with Crippen molar-refractivity contribution in [3.63, 3.8) is 0 Å². The molecule has 1 aliphatic heterocycles. The summed E-state index contributed by atoms with van der Waals surface area (Å²) in [5.41, 5.74) is 5.76. The monoisotopic (exact) mass is 137 g/mol. The number of nitrogens with zero attached hydrogens (tertiary/aromatic N) is 2. The highest BCUT2D eigenvalue weighted by molar-refractivity contribution is 4.98. The van der Waals surface area contributed by atoms with Gasteiger partial charge in [0.25, 0.3) is 0 Å². The molecule has 0 aromatic carbocycles. The first-order valence-corrected chi connectivity index (χ1v) is 3.62. The van der Waals surface area contributed by atoms with Crippen molar-refractivity contribution in [2.24, 2.45) is 5.73 Å². The van der Waals surface area contributed by atoms with E-state index in [0.29, 0.717) is 6.04 Å². The van der Waals surface area contributed by atoms with Gasteiger partial charge in [0.2, 0.25) is 0 Å². The average Bonchev–Trinajstić information content (AvgIpc) is 2.33. The molecule has 0 amide bonds. The van der Waals surface area contributed by atoms with Gasteiger partial charge in [0, 0.05) is 31.4 Å². The minimum Gasteiger partial charge on any atom is -0.335 e. The fraction of sp³-hybridized carbons (Fsp3) is 0.571. The lowest BCUT2D eigenvalue weighted by molar-refractivity contribution is 0.463. The van der Waals surface area contributed by atoms with Crippen LogP contribution in [0.4, 0.5) is 0 Å². The topological polar surface area (TPSA) is 43.8 Å². The summed E-state index contributed by atoms with van der Waals surface area (Å²) in [6, 6.07) is 0.329. The van der Waals surface area contributed by atoms with Crippen LogP contribution in [0.15, 0.2) is 12.4 Å². The molecule has 1 aromatic heterocycles. The quantitative estimate of drug-likeness (QED) is 0.553. The Kier molecular flexibility index (Phi) is 1.24. The van der Waals surface area contributed by atoms with E-state index in [-0.39, 0.29) is 0 Å². The van der Waals surface area contributed by atoms with E-state index in [1.54, 1.807) is 0 Å². The van der Waals surface area contributed by atoms with Crippen LogP contribution in [0.3, 0.4) is 0 Å². The van der Waals surface area contributed by atoms with Crippen LogP contribution >= 0.6 is 0 Å². The molecule has 0 spiro atoms. The maximum Gasteiger partial charge on any atom is 0.110 e. The second-order valence-electron chi connectivity index (χ2n) is 2.79. The number of aromatic nitrogens is 2. The molecular weight excluding hydrogens is 126 g/mol. The molecule has 10 heavy (non-hydrogen) atoms. The molecule has 2 rings (SSSR count). The Hall–Kier alpha value is -0.830. The van der Waals surface area contributed by atoms with Gasteiger partial charge >= 0.3 is 0 Å². The molecule has 3 nitrogen and oxygen atoms in total. The Bertz CT molecular complexity index is 229. The molecule has 1 atom stereocenters. The number of hydrogen-bond acceptors (Lipinski definition) is 2. The van der Waals surface area contributed by atoms with Crippen LogP contribution in [0.1, 0.15) is 12.2 Å². The number of nitrogens with two attached hydrogens (primary N) is 1. The van der Waals surface area contributed by atoms with Crippen LogP contribution in [-0.2, 0) is 13.0 Å². The number of fused-ring (bicyclic) bond motifs is 1. The van der Waals surface area contributed by atoms with Gasteiger partial charge in [-0.05, 0) is 6.42 Å². The highest BCUT2D eigenvalue weighted by atomic mass is 15.1. The third-order valence-corrected chi connectivity index (χ3v) is 1.99. The minimum absolute atomic E-state index is 0.329. The summed E-state index contributed by atoms with van der Waals surface area (Å²) in [7, 11) is 0. The van der Waals surface area contributed by atoms with Crippen molar-refractivity contribution in [2.75, 3.05) is 0 Å². The van der Waals surface area contributed by atoms with Gasteiger partial charge in [-0.25, -0.2) is 4.98 Å². The lowest BCUT2D eigenvalue weighted by Crippen LogP contribution is -2.30. The van der Waals surface area contributed by atoms with Gasteiger partial charge in [-0.3, -0.25) is 0 Å². The molecule has 54 valence electrons. The summed E-state index contributed by atoms with van der Waals surface area (Å²) in [5, 5.41) is 0. The Balaban J connectivity index is 2.30. The zero-order chi connectivity index (χ0) is 6.97. The predicted molar refractivity (Wildman–Crippen MR) is 38.5 cm³/mol. The molecule has 2 heterocycles. The second-order valence-corrected chi connectivity index (χ2v) is 2.79. The summed E-state index contributed by atoms with van der Waals surface area (Å²) in [5.74, 6) is 1.14. The molecule has 3 heteroatoms. The molecule has 2 N–H and O–H groups in total. The van der Waals surface area contributed by atoms with Crippen molar-refractivity contribution < 1.29 is 0 Å². The lowest BCUT2D eigenvalue weighted by Gasteiger charge is -2.18. The van der Waals surface area contributed by atoms with E-state index in [0.717, 1.165) is 25.2 Å².